The number of nitrogens with zero attached hydrogens (tertiary/aromatic N) is 4. The second kappa shape index (κ2) is 14.4. The van der Waals surface area contributed by atoms with Crippen molar-refractivity contribution in [3.63, 3.8) is 0 Å². The fourth-order valence-corrected chi connectivity index (χ4v) is 11.1. The van der Waals surface area contributed by atoms with E-state index in [1.54, 1.807) is 0 Å². The minimum Gasteiger partial charge on any atom is -0.457 e. The number of aromatic nitrogens is 4. The second-order valence-electron chi connectivity index (χ2n) is 17.9. The molecular formula is C62H42N4O. The van der Waals surface area contributed by atoms with Gasteiger partial charge >= 0.3 is 0 Å². The summed E-state index contributed by atoms with van der Waals surface area (Å²) in [6.45, 7) is 0. The molecule has 5 nitrogen and oxygen atoms in total. The minimum atomic E-state index is 0.798. The van der Waals surface area contributed by atoms with E-state index in [2.05, 4.69) is 251 Å². The van der Waals surface area contributed by atoms with Crippen molar-refractivity contribution in [3.8, 4) is 45.1 Å². The van der Waals surface area contributed by atoms with Crippen LogP contribution in [0.2, 0.25) is 0 Å². The van der Waals surface area contributed by atoms with Crippen molar-refractivity contribution in [1.29, 1.82) is 0 Å². The van der Waals surface area contributed by atoms with Gasteiger partial charge in [0.1, 0.15) is 11.5 Å². The fourth-order valence-electron chi connectivity index (χ4n) is 11.1. The largest absolute Gasteiger partial charge is 0.457 e. The van der Waals surface area contributed by atoms with Gasteiger partial charge < -0.3 is 23.0 Å². The van der Waals surface area contributed by atoms with Crippen LogP contribution in [0.25, 0.3) is 121 Å². The molecule has 0 saturated carbocycles. The Bertz CT molecular complexity index is 4070. The Kier molecular flexibility index (Phi) is 8.05. The predicted molar refractivity (Wildman–Crippen MR) is 280 cm³/mol. The summed E-state index contributed by atoms with van der Waals surface area (Å²) in [7, 11) is 4.30. The summed E-state index contributed by atoms with van der Waals surface area (Å²) in [5.41, 5.74) is 16.5. The lowest BCUT2D eigenvalue weighted by Gasteiger charge is -2.12. The van der Waals surface area contributed by atoms with Crippen LogP contribution in [0.4, 0.5) is 0 Å². The van der Waals surface area contributed by atoms with Crippen LogP contribution in [-0.2, 0) is 14.1 Å². The van der Waals surface area contributed by atoms with Gasteiger partial charge in [0.05, 0.1) is 22.1 Å². The molecule has 0 amide bonds. The third-order valence-corrected chi connectivity index (χ3v) is 14.2. The number of aryl methyl sites for hydroxylation is 2. The number of ether oxygens (including phenoxy) is 1. The van der Waals surface area contributed by atoms with E-state index in [0.717, 1.165) is 55.7 Å². The molecule has 0 radical (unpaired) electrons. The van der Waals surface area contributed by atoms with Gasteiger partial charge in [0.25, 0.3) is 0 Å². The van der Waals surface area contributed by atoms with Crippen molar-refractivity contribution < 1.29 is 4.74 Å². The van der Waals surface area contributed by atoms with Gasteiger partial charge in [0, 0.05) is 90.6 Å². The van der Waals surface area contributed by atoms with Crippen LogP contribution in [0.15, 0.2) is 218 Å². The maximum absolute atomic E-state index is 6.79. The van der Waals surface area contributed by atoms with Crippen LogP contribution in [0.5, 0.6) is 11.5 Å². The summed E-state index contributed by atoms with van der Waals surface area (Å²) in [5, 5.41) is 9.75. The van der Waals surface area contributed by atoms with E-state index in [9.17, 15) is 0 Å². The van der Waals surface area contributed by atoms with Crippen LogP contribution < -0.4 is 4.74 Å². The number of benzene rings is 10. The molecule has 0 spiro atoms. The first-order valence-electron chi connectivity index (χ1n) is 22.9. The number of para-hydroxylation sites is 4. The maximum atomic E-state index is 6.79. The average molecular weight is 859 g/mol. The van der Waals surface area contributed by atoms with E-state index in [1.807, 2.05) is 0 Å². The van der Waals surface area contributed by atoms with Crippen molar-refractivity contribution in [1.82, 2.24) is 18.3 Å². The summed E-state index contributed by atoms with van der Waals surface area (Å²) >= 11 is 0. The Morgan fingerprint density at radius 1 is 0.254 bits per heavy atom. The van der Waals surface area contributed by atoms with Gasteiger partial charge in [-0.25, -0.2) is 0 Å². The van der Waals surface area contributed by atoms with Gasteiger partial charge in [-0.1, -0.05) is 109 Å². The molecule has 0 saturated heterocycles. The first kappa shape index (κ1) is 37.6. The molecule has 5 heteroatoms. The molecule has 0 unspecified atom stereocenters. The predicted octanol–water partition coefficient (Wildman–Crippen LogP) is 16.3. The molecule has 316 valence electrons. The highest BCUT2D eigenvalue weighted by molar-refractivity contribution is 6.13. The highest BCUT2D eigenvalue weighted by atomic mass is 16.5. The molecule has 14 rings (SSSR count). The summed E-state index contributed by atoms with van der Waals surface area (Å²) in [4.78, 5) is 0. The third kappa shape index (κ3) is 5.68. The normalized spacial score (nSPS) is 12.0. The molecular weight excluding hydrogens is 817 g/mol. The zero-order chi connectivity index (χ0) is 44.3. The molecule has 0 N–H and O–H groups in total. The van der Waals surface area contributed by atoms with Crippen LogP contribution in [0.1, 0.15) is 0 Å². The van der Waals surface area contributed by atoms with Crippen LogP contribution in [-0.4, -0.2) is 18.3 Å². The molecule has 4 heterocycles. The van der Waals surface area contributed by atoms with E-state index < -0.39 is 0 Å². The third-order valence-electron chi connectivity index (χ3n) is 14.2. The SMILES string of the molecule is Cn1c2ccccc2c2cc(-c3cccc(-n4c5ccccc5c5cc(Oc6ccc7c(c6)c6ccccc6n7-c6cccc(-c7ccc8c(c7)c7ccccc7n8C)c6)ccc54)c3)ccc21. The maximum Gasteiger partial charge on any atom is 0.128 e. The second-order valence-corrected chi connectivity index (χ2v) is 17.9. The van der Waals surface area contributed by atoms with Gasteiger partial charge in [0.15, 0.2) is 0 Å². The standard InChI is InChI=1S/C62H42N4O/c1-63-55-21-7-3-17-47(55)51-35-41(25-29-57(51)63)39-13-11-15-43(33-39)65-59-23-9-5-19-49(59)53-37-45(27-31-61(53)65)67-46-28-32-62-54(38-46)50-20-6-10-24-60(50)66(62)44-16-12-14-40(34-44)42-26-30-58-52(36-42)48-18-4-8-22-56(48)64(58)2/h3-38H,1-2H3. The Morgan fingerprint density at radius 3 is 1.03 bits per heavy atom. The molecule has 0 fully saturated rings. The van der Waals surface area contributed by atoms with Gasteiger partial charge in [-0.2, -0.15) is 0 Å². The molecule has 0 atom stereocenters. The van der Waals surface area contributed by atoms with Crippen LogP contribution in [0, 0.1) is 0 Å². The topological polar surface area (TPSA) is 28.9 Å². The molecule has 0 bridgehead atoms. The van der Waals surface area contributed by atoms with E-state index in [4.69, 9.17) is 4.74 Å². The highest BCUT2D eigenvalue weighted by Crippen LogP contribution is 2.40. The molecule has 14 aromatic rings. The molecule has 4 aromatic heterocycles. The monoisotopic (exact) mass is 858 g/mol. The summed E-state index contributed by atoms with van der Waals surface area (Å²) < 4.78 is 16.1. The molecule has 0 aliphatic heterocycles. The first-order valence-corrected chi connectivity index (χ1v) is 22.9. The summed E-state index contributed by atoms with van der Waals surface area (Å²) in [6, 6.07) is 79.2. The lowest BCUT2D eigenvalue weighted by molar-refractivity contribution is 0.484. The smallest absolute Gasteiger partial charge is 0.128 e. The Hall–Kier alpha value is -8.80. The van der Waals surface area contributed by atoms with Gasteiger partial charge in [-0.3, -0.25) is 0 Å². The van der Waals surface area contributed by atoms with Gasteiger partial charge in [-0.15, -0.1) is 0 Å². The van der Waals surface area contributed by atoms with E-state index in [1.165, 1.54) is 76.6 Å². The van der Waals surface area contributed by atoms with Crippen LogP contribution >= 0.6 is 0 Å². The van der Waals surface area contributed by atoms with E-state index in [-0.39, 0.29) is 0 Å². The lowest BCUT2D eigenvalue weighted by atomic mass is 10.0. The number of fused-ring (bicyclic) bond motifs is 12. The summed E-state index contributed by atoms with van der Waals surface area (Å²) in [6.07, 6.45) is 0. The van der Waals surface area contributed by atoms with Crippen molar-refractivity contribution in [3.05, 3.63) is 218 Å². The Labute approximate surface area is 386 Å². The zero-order valence-electron chi connectivity index (χ0n) is 37.0. The zero-order valence-corrected chi connectivity index (χ0v) is 37.0. The lowest BCUT2D eigenvalue weighted by Crippen LogP contribution is -1.95. The summed E-state index contributed by atoms with van der Waals surface area (Å²) in [5.74, 6) is 1.60. The van der Waals surface area contributed by atoms with Gasteiger partial charge in [0.2, 0.25) is 0 Å². The fraction of sp³-hybridized carbons (Fsp3) is 0.0323. The average Bonchev–Trinajstić information content (AvgIpc) is 4.08. The first-order chi connectivity index (χ1) is 33.0. The Balaban J connectivity index is 0.823. The number of hydrogen-bond donors (Lipinski definition) is 0. The number of rotatable bonds is 6. The van der Waals surface area contributed by atoms with Gasteiger partial charge in [-0.05, 0) is 131 Å². The molecule has 0 aliphatic carbocycles. The van der Waals surface area contributed by atoms with E-state index >= 15 is 0 Å². The Morgan fingerprint density at radius 2 is 0.582 bits per heavy atom. The van der Waals surface area contributed by atoms with E-state index in [0.29, 0.717) is 0 Å². The molecule has 0 aliphatic rings. The van der Waals surface area contributed by atoms with Crippen molar-refractivity contribution >= 4 is 87.2 Å². The quantitative estimate of drug-likeness (QED) is 0.164. The highest BCUT2D eigenvalue weighted by Gasteiger charge is 2.18. The van der Waals surface area contributed by atoms with Crippen molar-refractivity contribution in [2.45, 2.75) is 0 Å². The minimum absolute atomic E-state index is 0.798. The van der Waals surface area contributed by atoms with Crippen LogP contribution in [0.3, 0.4) is 0 Å². The van der Waals surface area contributed by atoms with Crippen molar-refractivity contribution in [2.75, 3.05) is 0 Å². The molecule has 10 aromatic carbocycles. The number of hydrogen-bond acceptors (Lipinski definition) is 1. The molecule has 67 heavy (non-hydrogen) atoms. The van der Waals surface area contributed by atoms with Crippen molar-refractivity contribution in [2.24, 2.45) is 14.1 Å².